The number of nitrogens with zero attached hydrogens (tertiary/aromatic N) is 2. The van der Waals surface area contributed by atoms with E-state index in [1.54, 1.807) is 24.3 Å². The molecule has 3 aromatic rings. The molecule has 5 rings (SSSR count). The number of piperidine rings is 1. The van der Waals surface area contributed by atoms with E-state index in [4.69, 9.17) is 9.15 Å². The number of hydrogen-bond acceptors (Lipinski definition) is 6. The molecule has 1 N–H and O–H groups in total. The molecular formula is C28H27FN2O5. The Labute approximate surface area is 208 Å². The van der Waals surface area contributed by atoms with Crippen molar-refractivity contribution in [1.82, 2.24) is 0 Å². The molecule has 1 amide bonds. The van der Waals surface area contributed by atoms with Crippen molar-refractivity contribution in [2.24, 2.45) is 5.92 Å². The van der Waals surface area contributed by atoms with Gasteiger partial charge in [0.2, 0.25) is 0 Å². The first-order valence-corrected chi connectivity index (χ1v) is 11.9. The number of methoxy groups -OCH3 is 1. The van der Waals surface area contributed by atoms with Gasteiger partial charge in [0.1, 0.15) is 29.1 Å². The highest BCUT2D eigenvalue weighted by Gasteiger charge is 2.48. The summed E-state index contributed by atoms with van der Waals surface area (Å²) in [5.41, 5.74) is 1.30. The van der Waals surface area contributed by atoms with Gasteiger partial charge in [-0.05, 0) is 73.4 Å². The minimum Gasteiger partial charge on any atom is -0.507 e. The molecule has 0 aliphatic carbocycles. The van der Waals surface area contributed by atoms with Gasteiger partial charge in [-0.2, -0.15) is 0 Å². The summed E-state index contributed by atoms with van der Waals surface area (Å²) in [4.78, 5) is 30.1. The Kier molecular flexibility index (Phi) is 6.26. The summed E-state index contributed by atoms with van der Waals surface area (Å²) in [5, 5.41) is 11.2. The van der Waals surface area contributed by atoms with Crippen molar-refractivity contribution < 1.29 is 28.2 Å². The molecular weight excluding hydrogens is 463 g/mol. The number of carbonyl (C=O) groups excluding carboxylic acids is 2. The van der Waals surface area contributed by atoms with Gasteiger partial charge in [0.05, 0.1) is 24.5 Å². The normalized spacial score (nSPS) is 20.2. The number of Topliss-reactive ketones (excluding diaryl/α,β-unsaturated/α-hetero) is 1. The van der Waals surface area contributed by atoms with Gasteiger partial charge >= 0.3 is 0 Å². The fourth-order valence-electron chi connectivity index (χ4n) is 4.92. The molecule has 8 heteroatoms. The number of halogens is 1. The molecule has 1 atom stereocenters. The summed E-state index contributed by atoms with van der Waals surface area (Å²) < 4.78 is 24.9. The molecule has 2 aromatic carbocycles. The third-order valence-corrected chi connectivity index (χ3v) is 6.95. The van der Waals surface area contributed by atoms with Crippen LogP contribution in [0.15, 0.2) is 70.9 Å². The van der Waals surface area contributed by atoms with E-state index in [9.17, 15) is 19.1 Å². The van der Waals surface area contributed by atoms with Crippen LogP contribution in [0.2, 0.25) is 0 Å². The Morgan fingerprint density at radius 2 is 1.75 bits per heavy atom. The summed E-state index contributed by atoms with van der Waals surface area (Å²) in [6.07, 6.45) is 3.68. The molecule has 3 heterocycles. The number of ether oxygens (including phenoxy) is 1. The second-order valence-corrected chi connectivity index (χ2v) is 9.22. The predicted octanol–water partition coefficient (Wildman–Crippen LogP) is 5.29. The van der Waals surface area contributed by atoms with E-state index >= 15 is 0 Å². The number of furan rings is 1. The van der Waals surface area contributed by atoms with Gasteiger partial charge in [-0.25, -0.2) is 4.39 Å². The number of hydrogen-bond donors (Lipinski definition) is 1. The molecule has 186 valence electrons. The highest BCUT2D eigenvalue weighted by atomic mass is 19.1. The maximum atomic E-state index is 14.1. The number of amides is 1. The van der Waals surface area contributed by atoms with Crippen LogP contribution in [0.3, 0.4) is 0 Å². The second kappa shape index (κ2) is 9.53. The molecule has 1 unspecified atom stereocenters. The number of aliphatic hydroxyl groups is 1. The summed E-state index contributed by atoms with van der Waals surface area (Å²) in [6, 6.07) is 13.3. The smallest absolute Gasteiger partial charge is 0.300 e. The third kappa shape index (κ3) is 4.12. The Morgan fingerprint density at radius 3 is 2.39 bits per heavy atom. The van der Waals surface area contributed by atoms with E-state index in [1.807, 2.05) is 12.1 Å². The predicted molar refractivity (Wildman–Crippen MR) is 133 cm³/mol. The maximum absolute atomic E-state index is 14.1. The Balaban J connectivity index is 1.58. The van der Waals surface area contributed by atoms with Crippen LogP contribution in [0.25, 0.3) is 5.76 Å². The second-order valence-electron chi connectivity index (χ2n) is 9.22. The number of anilines is 2. The van der Waals surface area contributed by atoms with E-state index < -0.39 is 29.3 Å². The summed E-state index contributed by atoms with van der Waals surface area (Å²) >= 11 is 0. The first-order valence-electron chi connectivity index (χ1n) is 11.9. The summed E-state index contributed by atoms with van der Waals surface area (Å²) in [5.74, 6) is -1.70. The van der Waals surface area contributed by atoms with Gasteiger partial charge in [0.25, 0.3) is 11.7 Å². The Morgan fingerprint density at radius 1 is 1.06 bits per heavy atom. The van der Waals surface area contributed by atoms with E-state index in [0.717, 1.165) is 37.7 Å². The van der Waals surface area contributed by atoms with Crippen molar-refractivity contribution in [3.05, 3.63) is 83.6 Å². The van der Waals surface area contributed by atoms with E-state index in [2.05, 4.69) is 11.8 Å². The van der Waals surface area contributed by atoms with Crippen molar-refractivity contribution in [3.8, 4) is 5.75 Å². The molecule has 0 spiro atoms. The lowest BCUT2D eigenvalue weighted by molar-refractivity contribution is -0.132. The van der Waals surface area contributed by atoms with Crippen LogP contribution in [0, 0.1) is 11.7 Å². The highest BCUT2D eigenvalue weighted by Crippen LogP contribution is 2.43. The molecule has 2 fully saturated rings. The fraction of sp³-hybridized carbons (Fsp3) is 0.286. The van der Waals surface area contributed by atoms with Crippen LogP contribution in [-0.4, -0.2) is 37.0 Å². The average Bonchev–Trinajstić information content (AvgIpc) is 3.51. The summed E-state index contributed by atoms with van der Waals surface area (Å²) in [7, 11) is 1.37. The van der Waals surface area contributed by atoms with Crippen LogP contribution in [0.4, 0.5) is 15.8 Å². The third-order valence-electron chi connectivity index (χ3n) is 6.95. The molecule has 1 aromatic heterocycles. The van der Waals surface area contributed by atoms with Crippen molar-refractivity contribution in [1.29, 1.82) is 0 Å². The number of ketones is 1. The minimum atomic E-state index is -1.03. The standard InChI is InChI=1S/C28H27FN2O5/c1-17-11-13-30(14-12-17)19-6-8-20(9-7-19)31-25(23-4-3-15-36-23)24(27(33)28(31)34)26(32)21-16-18(29)5-10-22(21)35-2/h3-10,15-17,25,32H,11-14H2,1-2H3/b26-24-. The molecule has 0 bridgehead atoms. The highest BCUT2D eigenvalue weighted by molar-refractivity contribution is 6.51. The molecule has 0 saturated carbocycles. The van der Waals surface area contributed by atoms with E-state index in [1.165, 1.54) is 30.4 Å². The first-order chi connectivity index (χ1) is 17.4. The van der Waals surface area contributed by atoms with Gasteiger partial charge < -0.3 is 19.2 Å². The average molecular weight is 491 g/mol. The molecule has 7 nitrogen and oxygen atoms in total. The van der Waals surface area contributed by atoms with Gasteiger partial charge in [0, 0.05) is 24.5 Å². The number of aliphatic hydroxyl groups excluding tert-OH is 1. The molecule has 2 aliphatic heterocycles. The minimum absolute atomic E-state index is 0.0262. The van der Waals surface area contributed by atoms with Crippen molar-refractivity contribution in [2.75, 3.05) is 30.0 Å². The monoisotopic (exact) mass is 490 g/mol. The lowest BCUT2D eigenvalue weighted by atomic mass is 9.98. The quantitative estimate of drug-likeness (QED) is 0.297. The Hall–Kier alpha value is -4.07. The van der Waals surface area contributed by atoms with Crippen LogP contribution in [-0.2, 0) is 9.59 Å². The van der Waals surface area contributed by atoms with Gasteiger partial charge in [-0.3, -0.25) is 14.5 Å². The van der Waals surface area contributed by atoms with Crippen molar-refractivity contribution in [2.45, 2.75) is 25.8 Å². The van der Waals surface area contributed by atoms with Gasteiger partial charge in [0.15, 0.2) is 0 Å². The summed E-state index contributed by atoms with van der Waals surface area (Å²) in [6.45, 7) is 4.19. The molecule has 36 heavy (non-hydrogen) atoms. The van der Waals surface area contributed by atoms with Gasteiger partial charge in [-0.1, -0.05) is 6.92 Å². The topological polar surface area (TPSA) is 83.2 Å². The van der Waals surface area contributed by atoms with E-state index in [-0.39, 0.29) is 16.9 Å². The largest absolute Gasteiger partial charge is 0.507 e. The van der Waals surface area contributed by atoms with E-state index in [0.29, 0.717) is 17.4 Å². The number of carbonyl (C=O) groups is 2. The fourth-order valence-corrected chi connectivity index (χ4v) is 4.92. The molecule has 0 radical (unpaired) electrons. The lowest BCUT2D eigenvalue weighted by Crippen LogP contribution is -2.33. The maximum Gasteiger partial charge on any atom is 0.300 e. The zero-order valence-corrected chi connectivity index (χ0v) is 20.1. The number of benzene rings is 2. The van der Waals surface area contributed by atoms with Crippen LogP contribution in [0.1, 0.15) is 37.1 Å². The zero-order chi connectivity index (χ0) is 25.4. The molecule has 2 aliphatic rings. The van der Waals surface area contributed by atoms with Crippen molar-refractivity contribution in [3.63, 3.8) is 0 Å². The van der Waals surface area contributed by atoms with Crippen LogP contribution < -0.4 is 14.5 Å². The number of rotatable bonds is 5. The lowest BCUT2D eigenvalue weighted by Gasteiger charge is -2.32. The first kappa shape index (κ1) is 23.7. The van der Waals surface area contributed by atoms with Crippen LogP contribution >= 0.6 is 0 Å². The Bertz CT molecular complexity index is 1310. The van der Waals surface area contributed by atoms with Crippen molar-refractivity contribution >= 4 is 28.8 Å². The van der Waals surface area contributed by atoms with Gasteiger partial charge in [-0.15, -0.1) is 0 Å². The molecule has 2 saturated heterocycles. The zero-order valence-electron chi connectivity index (χ0n) is 20.1. The van der Waals surface area contributed by atoms with Crippen LogP contribution in [0.5, 0.6) is 5.75 Å². The SMILES string of the molecule is COc1ccc(F)cc1/C(O)=C1/C(=O)C(=O)N(c2ccc(N3CCC(C)CC3)cc2)C1c1ccco1.